The first-order valence-corrected chi connectivity index (χ1v) is 16.1. The normalized spacial score (nSPS) is 22.9. The summed E-state index contributed by atoms with van der Waals surface area (Å²) in [7, 11) is -9.79. The predicted octanol–water partition coefficient (Wildman–Crippen LogP) is 6.50. The maximum absolute atomic E-state index is 6.40. The van der Waals surface area contributed by atoms with Gasteiger partial charge >= 0.3 is 185 Å². The Morgan fingerprint density at radius 3 is 1.23 bits per heavy atom. The summed E-state index contributed by atoms with van der Waals surface area (Å²) in [5.74, 6) is 0. The molecule has 0 saturated heterocycles. The van der Waals surface area contributed by atoms with Crippen molar-refractivity contribution in [2.45, 2.75) is 120 Å². The molecular weight excluding hydrogens is 447 g/mol. The van der Waals surface area contributed by atoms with Crippen molar-refractivity contribution in [1.82, 2.24) is 9.72 Å². The van der Waals surface area contributed by atoms with Crippen molar-refractivity contribution in [3.05, 3.63) is 0 Å². The maximum atomic E-state index is 6.40. The number of hydrogen-bond donors (Lipinski definition) is 2. The second-order valence-corrected chi connectivity index (χ2v) is 16.5. The van der Waals surface area contributed by atoms with Crippen molar-refractivity contribution in [2.24, 2.45) is 4.52 Å². The summed E-state index contributed by atoms with van der Waals surface area (Å²) in [5.41, 5.74) is 0. The van der Waals surface area contributed by atoms with Crippen molar-refractivity contribution >= 4 is 23.7 Å². The first kappa shape index (κ1) is 28.8. The van der Waals surface area contributed by atoms with Crippen molar-refractivity contribution in [3.63, 3.8) is 0 Å². The molecule has 0 aromatic heterocycles. The topological polar surface area (TPSA) is 91.8 Å². The van der Waals surface area contributed by atoms with Crippen LogP contribution in [0.2, 0.25) is 0 Å². The van der Waals surface area contributed by atoms with E-state index >= 15 is 0 Å². The van der Waals surface area contributed by atoms with Crippen LogP contribution in [0.5, 0.6) is 0 Å². The first-order chi connectivity index (χ1) is 13.6. The van der Waals surface area contributed by atoms with E-state index in [2.05, 4.69) is 9.72 Å². The number of nitrogens with zero attached hydrogens (tertiary/aromatic N) is 1. The van der Waals surface area contributed by atoms with Crippen LogP contribution in [0.15, 0.2) is 4.52 Å². The third-order valence-electron chi connectivity index (χ3n) is 3.18. The summed E-state index contributed by atoms with van der Waals surface area (Å²) in [6.45, 7) is 23.5. The van der Waals surface area contributed by atoms with Gasteiger partial charge in [-0.05, 0) is 0 Å². The molecule has 0 bridgehead atoms. The zero-order valence-corrected chi connectivity index (χ0v) is 23.7. The third-order valence-corrected chi connectivity index (χ3v) is 14.8. The minimum atomic E-state index is -3.42. The van der Waals surface area contributed by atoms with Crippen LogP contribution in [-0.2, 0) is 27.1 Å². The number of hydrogen-bond acceptors (Lipinski definition) is 9. The van der Waals surface area contributed by atoms with E-state index in [4.69, 9.17) is 31.7 Å². The van der Waals surface area contributed by atoms with Crippen LogP contribution >= 0.6 is 23.7 Å². The molecule has 1 rings (SSSR count). The average molecular weight is 494 g/mol. The Balaban J connectivity index is 3.76. The summed E-state index contributed by atoms with van der Waals surface area (Å²) in [6, 6.07) is 0. The molecule has 0 aromatic carbocycles. The van der Waals surface area contributed by atoms with Crippen molar-refractivity contribution < 1.29 is 27.1 Å². The van der Waals surface area contributed by atoms with E-state index in [0.717, 1.165) is 0 Å². The van der Waals surface area contributed by atoms with E-state index in [9.17, 15) is 0 Å². The fraction of sp³-hybridized carbons (Fsp3) is 1.00. The summed E-state index contributed by atoms with van der Waals surface area (Å²) < 4.78 is 43.3. The molecular formula is C18H46N3O6P3. The Morgan fingerprint density at radius 2 is 0.933 bits per heavy atom. The van der Waals surface area contributed by atoms with Crippen LogP contribution in [0, 0.1) is 0 Å². The molecule has 1 heterocycles. The quantitative estimate of drug-likeness (QED) is 0.298. The van der Waals surface area contributed by atoms with E-state index in [1.165, 1.54) is 0 Å². The van der Waals surface area contributed by atoms with E-state index in [0.29, 0.717) is 0 Å². The first-order valence-electron chi connectivity index (χ1n) is 10.9. The molecule has 0 unspecified atom stereocenters. The summed E-state index contributed by atoms with van der Waals surface area (Å²) in [5, 5.41) is 0. The van der Waals surface area contributed by atoms with Gasteiger partial charge in [0.15, 0.2) is 0 Å². The zero-order chi connectivity index (χ0) is 23.3. The van der Waals surface area contributed by atoms with Crippen LogP contribution in [0.3, 0.4) is 0 Å². The third kappa shape index (κ3) is 9.33. The molecule has 0 fully saturated rings. The van der Waals surface area contributed by atoms with E-state index in [-0.39, 0.29) is 36.6 Å². The standard InChI is InChI=1S/C18H46N3O6P3/c1-13(2)22-28(23-14(3)4)19-29(24-15(5)6,25-16(7)8)21-30(20-28,26-17(9)10)27-18(11)12/h13-20,28-29H,1-12H3. The molecule has 30 heavy (non-hydrogen) atoms. The van der Waals surface area contributed by atoms with Crippen LogP contribution in [0.4, 0.5) is 0 Å². The van der Waals surface area contributed by atoms with Crippen LogP contribution < -0.4 is 9.72 Å². The molecule has 0 spiro atoms. The van der Waals surface area contributed by atoms with Gasteiger partial charge in [-0.3, -0.25) is 0 Å². The molecule has 1 aliphatic rings. The molecule has 0 atom stereocenters. The Morgan fingerprint density at radius 1 is 0.567 bits per heavy atom. The van der Waals surface area contributed by atoms with Crippen LogP contribution in [0.1, 0.15) is 83.1 Å². The molecule has 0 aromatic rings. The minimum absolute atomic E-state index is 0.113. The van der Waals surface area contributed by atoms with E-state index < -0.39 is 23.7 Å². The molecule has 184 valence electrons. The Kier molecular flexibility index (Phi) is 11.3. The Hall–Kier alpha value is 0.770. The van der Waals surface area contributed by atoms with Gasteiger partial charge in [-0.25, -0.2) is 0 Å². The average Bonchev–Trinajstić information content (AvgIpc) is 2.39. The van der Waals surface area contributed by atoms with Gasteiger partial charge in [0.1, 0.15) is 0 Å². The molecule has 0 saturated carbocycles. The number of nitrogens with one attached hydrogen (secondary N) is 2. The molecule has 0 amide bonds. The monoisotopic (exact) mass is 493 g/mol. The van der Waals surface area contributed by atoms with Gasteiger partial charge in [-0.15, -0.1) is 0 Å². The van der Waals surface area contributed by atoms with Gasteiger partial charge in [0.05, 0.1) is 0 Å². The fourth-order valence-electron chi connectivity index (χ4n) is 2.92. The van der Waals surface area contributed by atoms with Crippen molar-refractivity contribution in [3.8, 4) is 0 Å². The number of rotatable bonds is 12. The Bertz CT molecular complexity index is 554. The van der Waals surface area contributed by atoms with E-state index in [1.54, 1.807) is 0 Å². The van der Waals surface area contributed by atoms with Gasteiger partial charge in [0.2, 0.25) is 0 Å². The van der Waals surface area contributed by atoms with Gasteiger partial charge in [-0.2, -0.15) is 0 Å². The van der Waals surface area contributed by atoms with Crippen molar-refractivity contribution in [2.75, 3.05) is 0 Å². The van der Waals surface area contributed by atoms with Crippen LogP contribution in [-0.4, -0.2) is 36.6 Å². The second-order valence-electron chi connectivity index (χ2n) is 9.03. The van der Waals surface area contributed by atoms with Gasteiger partial charge in [0, 0.05) is 0 Å². The summed E-state index contributed by atoms with van der Waals surface area (Å²) in [6.07, 6.45) is -0.761. The Labute approximate surface area is 185 Å². The molecule has 9 nitrogen and oxygen atoms in total. The van der Waals surface area contributed by atoms with Gasteiger partial charge in [-0.1, -0.05) is 0 Å². The predicted molar refractivity (Wildman–Crippen MR) is 130 cm³/mol. The summed E-state index contributed by atoms with van der Waals surface area (Å²) in [4.78, 5) is 6.95. The van der Waals surface area contributed by atoms with Gasteiger partial charge in [0.25, 0.3) is 0 Å². The molecule has 0 radical (unpaired) electrons. The van der Waals surface area contributed by atoms with Crippen molar-refractivity contribution in [1.29, 1.82) is 0 Å². The zero-order valence-electron chi connectivity index (χ0n) is 20.8. The van der Waals surface area contributed by atoms with E-state index in [1.807, 2.05) is 83.1 Å². The van der Waals surface area contributed by atoms with Crippen LogP contribution in [0.25, 0.3) is 0 Å². The fourth-order valence-corrected chi connectivity index (χ4v) is 15.9. The SMILES string of the molecule is CC(C)OP1(OC(C)C)=N[PH](OC(C)C)(OC(C)C)N[PH](OC(C)C)(OC(C)C)N1. The second kappa shape index (κ2) is 11.8. The molecule has 0 aliphatic carbocycles. The van der Waals surface area contributed by atoms with Gasteiger partial charge < -0.3 is 0 Å². The molecule has 12 heteroatoms. The molecule has 2 N–H and O–H groups in total. The summed E-state index contributed by atoms with van der Waals surface area (Å²) >= 11 is 0. The molecule has 1 aliphatic heterocycles.